The summed E-state index contributed by atoms with van der Waals surface area (Å²) in [5.74, 6) is 0.680. The van der Waals surface area contributed by atoms with Gasteiger partial charge in [0.25, 0.3) is 0 Å². The molecule has 0 aliphatic rings. The number of carboxylic acids is 1. The Balaban J connectivity index is 2.65. The van der Waals surface area contributed by atoms with Gasteiger partial charge in [-0.1, -0.05) is 26.7 Å². The summed E-state index contributed by atoms with van der Waals surface area (Å²) in [6.45, 7) is 8.20. The fourth-order valence-electron chi connectivity index (χ4n) is 1.87. The van der Waals surface area contributed by atoms with Gasteiger partial charge < -0.3 is 10.4 Å². The Morgan fingerprint density at radius 2 is 2.05 bits per heavy atom. The molecule has 1 rings (SSSR count). The third kappa shape index (κ3) is 5.24. The van der Waals surface area contributed by atoms with Crippen LogP contribution in [0.25, 0.3) is 0 Å². The Morgan fingerprint density at radius 1 is 1.37 bits per heavy atom. The summed E-state index contributed by atoms with van der Waals surface area (Å²) < 4.78 is 0. The highest BCUT2D eigenvalue weighted by Crippen LogP contribution is 2.16. The van der Waals surface area contributed by atoms with Crippen molar-refractivity contribution in [3.8, 4) is 0 Å². The lowest BCUT2D eigenvalue weighted by molar-refractivity contribution is 0.0697. The topological polar surface area (TPSA) is 75.1 Å². The highest BCUT2D eigenvalue weighted by molar-refractivity contribution is 5.92. The molecule has 5 nitrogen and oxygen atoms in total. The summed E-state index contributed by atoms with van der Waals surface area (Å²) in [6.07, 6.45) is 4.66. The third-order valence-electron chi connectivity index (χ3n) is 2.94. The molecule has 0 bridgehead atoms. The van der Waals surface area contributed by atoms with Gasteiger partial charge in [-0.25, -0.2) is 14.8 Å². The predicted molar refractivity (Wildman–Crippen MR) is 75.5 cm³/mol. The molecule has 2 N–H and O–H groups in total. The average molecular weight is 265 g/mol. The van der Waals surface area contributed by atoms with Gasteiger partial charge in [0.2, 0.25) is 0 Å². The number of nitrogens with one attached hydrogen (secondary N) is 1. The number of anilines is 1. The number of carbonyl (C=O) groups is 1. The van der Waals surface area contributed by atoms with Crippen LogP contribution in [0, 0.1) is 12.8 Å². The van der Waals surface area contributed by atoms with Crippen LogP contribution in [0.15, 0.2) is 6.20 Å². The minimum Gasteiger partial charge on any atom is -0.477 e. The van der Waals surface area contributed by atoms with Crippen LogP contribution in [0.3, 0.4) is 0 Å². The van der Waals surface area contributed by atoms with Crippen molar-refractivity contribution in [1.82, 2.24) is 9.97 Å². The zero-order valence-electron chi connectivity index (χ0n) is 12.1. The minimum atomic E-state index is -1.00. The molecule has 1 aromatic rings. The summed E-state index contributed by atoms with van der Waals surface area (Å²) in [4.78, 5) is 19.2. The molecule has 0 amide bonds. The maximum atomic E-state index is 11.1. The standard InChI is InChI=1S/C14H23N3O2/c1-9(2)6-5-7-10(3)16-13-12(14(18)19)8-15-11(4)17-13/h8-10H,5-7H2,1-4H3,(H,18,19)(H,15,16,17). The number of hydrogen-bond donors (Lipinski definition) is 2. The molecular weight excluding hydrogens is 242 g/mol. The summed E-state index contributed by atoms with van der Waals surface area (Å²) in [5, 5.41) is 12.3. The molecule has 0 spiro atoms. The first-order valence-electron chi connectivity index (χ1n) is 6.73. The van der Waals surface area contributed by atoms with Gasteiger partial charge in [0, 0.05) is 12.2 Å². The number of aryl methyl sites for hydroxylation is 1. The number of hydrogen-bond acceptors (Lipinski definition) is 4. The Hall–Kier alpha value is -1.65. The molecule has 0 saturated carbocycles. The molecule has 1 atom stereocenters. The van der Waals surface area contributed by atoms with E-state index < -0.39 is 5.97 Å². The van der Waals surface area contributed by atoms with E-state index in [1.54, 1.807) is 6.92 Å². The summed E-state index contributed by atoms with van der Waals surface area (Å²) >= 11 is 0. The largest absolute Gasteiger partial charge is 0.477 e. The highest BCUT2D eigenvalue weighted by Gasteiger charge is 2.14. The van der Waals surface area contributed by atoms with E-state index in [0.717, 1.165) is 12.8 Å². The first kappa shape index (κ1) is 15.4. The van der Waals surface area contributed by atoms with Crippen LogP contribution in [-0.2, 0) is 0 Å². The first-order chi connectivity index (χ1) is 8.90. The number of aromatic nitrogens is 2. The second kappa shape index (κ2) is 7.07. The number of aromatic carboxylic acids is 1. The van der Waals surface area contributed by atoms with Gasteiger partial charge in [0.1, 0.15) is 17.2 Å². The molecule has 5 heteroatoms. The van der Waals surface area contributed by atoms with Gasteiger partial charge in [-0.15, -0.1) is 0 Å². The van der Waals surface area contributed by atoms with E-state index in [1.165, 1.54) is 12.6 Å². The lowest BCUT2D eigenvalue weighted by Crippen LogP contribution is -2.19. The SMILES string of the molecule is Cc1ncc(C(=O)O)c(NC(C)CCCC(C)C)n1. The molecule has 0 saturated heterocycles. The van der Waals surface area contributed by atoms with Gasteiger partial charge in [-0.05, 0) is 26.2 Å². The van der Waals surface area contributed by atoms with Gasteiger partial charge in [0.05, 0.1) is 0 Å². The Labute approximate surface area is 114 Å². The van der Waals surface area contributed by atoms with Gasteiger partial charge in [-0.2, -0.15) is 0 Å². The van der Waals surface area contributed by atoms with Gasteiger partial charge in [-0.3, -0.25) is 0 Å². The molecule has 0 aliphatic heterocycles. The monoisotopic (exact) mass is 265 g/mol. The van der Waals surface area contributed by atoms with Crippen molar-refractivity contribution in [2.45, 2.75) is 53.0 Å². The minimum absolute atomic E-state index is 0.126. The van der Waals surface area contributed by atoms with Crippen LogP contribution >= 0.6 is 0 Å². The van der Waals surface area contributed by atoms with Crippen molar-refractivity contribution in [2.24, 2.45) is 5.92 Å². The zero-order valence-corrected chi connectivity index (χ0v) is 12.1. The maximum Gasteiger partial charge on any atom is 0.341 e. The predicted octanol–water partition coefficient (Wildman–Crippen LogP) is 3.11. The molecule has 0 aliphatic carbocycles. The van der Waals surface area contributed by atoms with E-state index in [9.17, 15) is 4.79 Å². The number of nitrogens with zero attached hydrogens (tertiary/aromatic N) is 2. The number of carboxylic acid groups (broad SMARTS) is 1. The molecule has 1 aromatic heterocycles. The Bertz CT molecular complexity index is 433. The van der Waals surface area contributed by atoms with Gasteiger partial charge in [0.15, 0.2) is 0 Å². The second-order valence-electron chi connectivity index (χ2n) is 5.35. The van der Waals surface area contributed by atoms with E-state index in [2.05, 4.69) is 29.1 Å². The molecule has 1 heterocycles. The van der Waals surface area contributed by atoms with E-state index in [-0.39, 0.29) is 11.6 Å². The van der Waals surface area contributed by atoms with Crippen molar-refractivity contribution < 1.29 is 9.90 Å². The van der Waals surface area contributed by atoms with Crippen molar-refractivity contribution >= 4 is 11.8 Å². The summed E-state index contributed by atoms with van der Waals surface area (Å²) in [5.41, 5.74) is 0.126. The zero-order chi connectivity index (χ0) is 14.4. The van der Waals surface area contributed by atoms with E-state index in [0.29, 0.717) is 17.6 Å². The second-order valence-corrected chi connectivity index (χ2v) is 5.35. The molecule has 0 aromatic carbocycles. The summed E-state index contributed by atoms with van der Waals surface area (Å²) in [6, 6.07) is 0.200. The quantitative estimate of drug-likeness (QED) is 0.792. The maximum absolute atomic E-state index is 11.1. The van der Waals surface area contributed by atoms with Crippen molar-refractivity contribution in [2.75, 3.05) is 5.32 Å². The van der Waals surface area contributed by atoms with Crippen molar-refractivity contribution in [3.63, 3.8) is 0 Å². The van der Waals surface area contributed by atoms with Crippen LogP contribution < -0.4 is 5.32 Å². The fraction of sp³-hybridized carbons (Fsp3) is 0.643. The Morgan fingerprint density at radius 3 is 2.63 bits per heavy atom. The van der Waals surface area contributed by atoms with E-state index in [4.69, 9.17) is 5.11 Å². The average Bonchev–Trinajstić information content (AvgIpc) is 2.27. The number of rotatable bonds is 7. The fourth-order valence-corrected chi connectivity index (χ4v) is 1.87. The van der Waals surface area contributed by atoms with E-state index >= 15 is 0 Å². The lowest BCUT2D eigenvalue weighted by Gasteiger charge is -2.16. The third-order valence-corrected chi connectivity index (χ3v) is 2.94. The Kier molecular flexibility index (Phi) is 5.73. The molecule has 1 unspecified atom stereocenters. The molecule has 0 radical (unpaired) electrons. The van der Waals surface area contributed by atoms with Crippen molar-refractivity contribution in [1.29, 1.82) is 0 Å². The lowest BCUT2D eigenvalue weighted by atomic mass is 10.0. The first-order valence-corrected chi connectivity index (χ1v) is 6.73. The van der Waals surface area contributed by atoms with Crippen LogP contribution in [0.5, 0.6) is 0 Å². The molecular formula is C14H23N3O2. The smallest absolute Gasteiger partial charge is 0.341 e. The van der Waals surface area contributed by atoms with Gasteiger partial charge >= 0.3 is 5.97 Å². The van der Waals surface area contributed by atoms with Crippen LogP contribution in [0.1, 0.15) is 56.2 Å². The highest BCUT2D eigenvalue weighted by atomic mass is 16.4. The van der Waals surface area contributed by atoms with Crippen molar-refractivity contribution in [3.05, 3.63) is 17.6 Å². The van der Waals surface area contributed by atoms with E-state index in [1.807, 2.05) is 6.92 Å². The normalized spacial score (nSPS) is 12.5. The molecule has 0 fully saturated rings. The van der Waals surface area contributed by atoms with Crippen LogP contribution in [-0.4, -0.2) is 27.1 Å². The van der Waals surface area contributed by atoms with Crippen LogP contribution in [0.4, 0.5) is 5.82 Å². The molecule has 19 heavy (non-hydrogen) atoms. The van der Waals surface area contributed by atoms with Crippen LogP contribution in [0.2, 0.25) is 0 Å². The molecule has 106 valence electrons. The summed E-state index contributed by atoms with van der Waals surface area (Å²) in [7, 11) is 0.